The van der Waals surface area contributed by atoms with Gasteiger partial charge in [0.15, 0.2) is 0 Å². The molecule has 1 amide bonds. The number of carbonyl (C=O) groups is 1. The van der Waals surface area contributed by atoms with E-state index < -0.39 is 0 Å². The van der Waals surface area contributed by atoms with E-state index in [-0.39, 0.29) is 5.91 Å². The Bertz CT molecular complexity index is 851. The quantitative estimate of drug-likeness (QED) is 0.725. The maximum Gasteiger partial charge on any atom is 0.254 e. The summed E-state index contributed by atoms with van der Waals surface area (Å²) in [6.07, 6.45) is 5.17. The van der Waals surface area contributed by atoms with Crippen LogP contribution in [0.25, 0.3) is 10.8 Å². The molecular formula is C18H17ClN4O. The second-order valence-electron chi connectivity index (χ2n) is 5.44. The highest BCUT2D eigenvalue weighted by atomic mass is 35.5. The molecule has 0 spiro atoms. The van der Waals surface area contributed by atoms with Gasteiger partial charge in [-0.15, -0.1) is 0 Å². The Labute approximate surface area is 145 Å². The lowest BCUT2D eigenvalue weighted by atomic mass is 10.1. The molecular weight excluding hydrogens is 324 g/mol. The molecule has 0 saturated carbocycles. The van der Waals surface area contributed by atoms with Crippen LogP contribution in [0.5, 0.6) is 0 Å². The number of nitrogens with two attached hydrogens (primary N) is 1. The van der Waals surface area contributed by atoms with Crippen molar-refractivity contribution in [2.24, 2.45) is 5.73 Å². The number of rotatable bonds is 5. The fraction of sp³-hybridized carbons (Fsp3) is 0.167. The molecule has 0 radical (unpaired) electrons. The lowest BCUT2D eigenvalue weighted by Gasteiger charge is -2.22. The molecule has 0 atom stereocenters. The average Bonchev–Trinajstić information content (AvgIpc) is 2.62. The van der Waals surface area contributed by atoms with E-state index in [2.05, 4.69) is 9.97 Å². The Kier molecular flexibility index (Phi) is 5.03. The molecule has 0 fully saturated rings. The average molecular weight is 341 g/mol. The van der Waals surface area contributed by atoms with Crippen molar-refractivity contribution in [3.63, 3.8) is 0 Å². The Morgan fingerprint density at radius 3 is 2.75 bits per heavy atom. The maximum absolute atomic E-state index is 12.9. The number of halogens is 1. The first-order valence-electron chi connectivity index (χ1n) is 7.61. The summed E-state index contributed by atoms with van der Waals surface area (Å²) in [6, 6.07) is 11.1. The monoisotopic (exact) mass is 340 g/mol. The van der Waals surface area contributed by atoms with Gasteiger partial charge in [0.2, 0.25) is 0 Å². The van der Waals surface area contributed by atoms with E-state index in [1.807, 2.05) is 30.3 Å². The van der Waals surface area contributed by atoms with E-state index >= 15 is 0 Å². The van der Waals surface area contributed by atoms with Crippen molar-refractivity contribution in [1.29, 1.82) is 0 Å². The lowest BCUT2D eigenvalue weighted by Crippen LogP contribution is -2.34. The third-order valence-corrected chi connectivity index (χ3v) is 3.96. The summed E-state index contributed by atoms with van der Waals surface area (Å²) >= 11 is 5.81. The molecule has 0 saturated heterocycles. The van der Waals surface area contributed by atoms with Crippen molar-refractivity contribution in [1.82, 2.24) is 14.9 Å². The molecule has 2 N–H and O–H groups in total. The predicted octanol–water partition coefficient (Wildman–Crippen LogP) is 2.88. The molecule has 122 valence electrons. The molecule has 3 rings (SSSR count). The summed E-state index contributed by atoms with van der Waals surface area (Å²) in [5.74, 6) is -0.0610. The van der Waals surface area contributed by atoms with E-state index in [1.54, 1.807) is 29.6 Å². The molecule has 0 aliphatic carbocycles. The summed E-state index contributed by atoms with van der Waals surface area (Å²) in [4.78, 5) is 22.7. The van der Waals surface area contributed by atoms with Gasteiger partial charge in [-0.2, -0.15) is 0 Å². The lowest BCUT2D eigenvalue weighted by molar-refractivity contribution is 0.0748. The second-order valence-corrected chi connectivity index (χ2v) is 5.83. The van der Waals surface area contributed by atoms with Gasteiger partial charge in [0.05, 0.1) is 0 Å². The number of nitrogens with zero attached hydrogens (tertiary/aromatic N) is 3. The van der Waals surface area contributed by atoms with E-state index in [0.717, 1.165) is 16.3 Å². The normalized spacial score (nSPS) is 10.8. The summed E-state index contributed by atoms with van der Waals surface area (Å²) in [7, 11) is 0. The Morgan fingerprint density at radius 1 is 1.12 bits per heavy atom. The molecule has 24 heavy (non-hydrogen) atoms. The van der Waals surface area contributed by atoms with Gasteiger partial charge in [0.1, 0.15) is 5.15 Å². The van der Waals surface area contributed by atoms with Gasteiger partial charge in [-0.05, 0) is 35.2 Å². The van der Waals surface area contributed by atoms with Crippen molar-refractivity contribution in [3.05, 3.63) is 71.3 Å². The van der Waals surface area contributed by atoms with Gasteiger partial charge in [-0.25, -0.2) is 4.98 Å². The first-order valence-corrected chi connectivity index (χ1v) is 7.99. The highest BCUT2D eigenvalue weighted by Gasteiger charge is 2.16. The number of hydrogen-bond acceptors (Lipinski definition) is 4. The predicted molar refractivity (Wildman–Crippen MR) is 94.8 cm³/mol. The molecule has 2 heterocycles. The Morgan fingerprint density at radius 2 is 2.00 bits per heavy atom. The van der Waals surface area contributed by atoms with E-state index in [4.69, 9.17) is 17.3 Å². The number of hydrogen-bond donors (Lipinski definition) is 1. The summed E-state index contributed by atoms with van der Waals surface area (Å²) in [6.45, 7) is 1.30. The molecule has 0 aliphatic rings. The first-order chi connectivity index (χ1) is 11.7. The van der Waals surface area contributed by atoms with Crippen LogP contribution in [0.1, 0.15) is 15.9 Å². The summed E-state index contributed by atoms with van der Waals surface area (Å²) in [5.41, 5.74) is 7.21. The van der Waals surface area contributed by atoms with Crippen molar-refractivity contribution >= 4 is 28.3 Å². The van der Waals surface area contributed by atoms with Crippen molar-refractivity contribution in [3.8, 4) is 0 Å². The Hall–Kier alpha value is -2.50. The molecule has 0 bridgehead atoms. The minimum Gasteiger partial charge on any atom is -0.333 e. The minimum absolute atomic E-state index is 0.0610. The molecule has 1 aromatic carbocycles. The molecule has 5 nitrogen and oxygen atoms in total. The van der Waals surface area contributed by atoms with E-state index in [1.165, 1.54) is 0 Å². The number of pyridine rings is 2. The topological polar surface area (TPSA) is 72.1 Å². The van der Waals surface area contributed by atoms with Gasteiger partial charge in [0.25, 0.3) is 5.91 Å². The van der Waals surface area contributed by atoms with Crippen LogP contribution in [0.3, 0.4) is 0 Å². The van der Waals surface area contributed by atoms with E-state index in [9.17, 15) is 4.79 Å². The van der Waals surface area contributed by atoms with Crippen LogP contribution in [0.15, 0.2) is 55.0 Å². The second kappa shape index (κ2) is 7.38. The van der Waals surface area contributed by atoms with Gasteiger partial charge in [-0.3, -0.25) is 9.78 Å². The summed E-state index contributed by atoms with van der Waals surface area (Å²) in [5, 5.41) is 2.41. The zero-order valence-electron chi connectivity index (χ0n) is 13.0. The van der Waals surface area contributed by atoms with Crippen molar-refractivity contribution < 1.29 is 4.79 Å². The maximum atomic E-state index is 12.9. The van der Waals surface area contributed by atoms with Crippen LogP contribution < -0.4 is 5.73 Å². The van der Waals surface area contributed by atoms with E-state index in [0.29, 0.717) is 30.4 Å². The minimum atomic E-state index is -0.0610. The van der Waals surface area contributed by atoms with Crippen LogP contribution in [0.2, 0.25) is 5.15 Å². The van der Waals surface area contributed by atoms with Crippen LogP contribution >= 0.6 is 11.6 Å². The largest absolute Gasteiger partial charge is 0.333 e. The van der Waals surface area contributed by atoms with Gasteiger partial charge in [0, 0.05) is 49.2 Å². The van der Waals surface area contributed by atoms with Crippen LogP contribution in [-0.4, -0.2) is 33.9 Å². The molecule has 6 heteroatoms. The fourth-order valence-electron chi connectivity index (χ4n) is 2.53. The highest BCUT2D eigenvalue weighted by Crippen LogP contribution is 2.17. The molecule has 0 aliphatic heterocycles. The number of fused-ring (bicyclic) bond motifs is 1. The number of carbonyl (C=O) groups excluding carboxylic acids is 1. The zero-order valence-corrected chi connectivity index (χ0v) is 13.8. The number of aromatic nitrogens is 2. The van der Waals surface area contributed by atoms with Crippen LogP contribution in [0, 0.1) is 0 Å². The third kappa shape index (κ3) is 3.69. The molecule has 2 aromatic heterocycles. The molecule has 3 aromatic rings. The fourth-order valence-corrected chi connectivity index (χ4v) is 2.64. The Balaban J connectivity index is 1.85. The zero-order chi connectivity index (χ0) is 16.9. The van der Waals surface area contributed by atoms with Gasteiger partial charge < -0.3 is 10.6 Å². The highest BCUT2D eigenvalue weighted by molar-refractivity contribution is 6.29. The summed E-state index contributed by atoms with van der Waals surface area (Å²) < 4.78 is 0. The molecule has 0 unspecified atom stereocenters. The van der Waals surface area contributed by atoms with Gasteiger partial charge in [-0.1, -0.05) is 23.7 Å². The number of benzene rings is 1. The smallest absolute Gasteiger partial charge is 0.254 e. The van der Waals surface area contributed by atoms with Crippen molar-refractivity contribution in [2.45, 2.75) is 6.54 Å². The van der Waals surface area contributed by atoms with Crippen LogP contribution in [0.4, 0.5) is 0 Å². The van der Waals surface area contributed by atoms with Crippen molar-refractivity contribution in [2.75, 3.05) is 13.1 Å². The SMILES string of the molecule is NCCN(Cc1ccc(Cl)nc1)C(=O)c1ccc2cnccc2c1. The van der Waals surface area contributed by atoms with Crippen LogP contribution in [-0.2, 0) is 6.54 Å². The third-order valence-electron chi connectivity index (χ3n) is 3.74. The number of amides is 1. The van der Waals surface area contributed by atoms with Gasteiger partial charge >= 0.3 is 0 Å². The first kappa shape index (κ1) is 16.4. The standard InChI is InChI=1S/C18H17ClN4O/c19-17-4-1-13(10-22-17)12-23(8-6-20)18(24)15-2-3-16-11-21-7-5-14(16)9-15/h1-5,7,9-11H,6,8,12,20H2.